The van der Waals surface area contributed by atoms with Crippen molar-refractivity contribution in [2.75, 3.05) is 5.88 Å². The molecule has 0 spiro atoms. The lowest BCUT2D eigenvalue weighted by atomic mass is 10.7. The van der Waals surface area contributed by atoms with Gasteiger partial charge in [0.05, 0.1) is 0 Å². The van der Waals surface area contributed by atoms with Gasteiger partial charge in [0.15, 0.2) is 0 Å². The molecule has 0 aliphatic carbocycles. The van der Waals surface area contributed by atoms with Gasteiger partial charge in [0.25, 0.3) is 0 Å². The summed E-state index contributed by atoms with van der Waals surface area (Å²) in [7, 11) is 0. The summed E-state index contributed by atoms with van der Waals surface area (Å²) in [5, 5.41) is 2.05. The molecule has 0 atom stereocenters. The van der Waals surface area contributed by atoms with Crippen LogP contribution >= 0.6 is 11.6 Å². The highest BCUT2D eigenvalue weighted by atomic mass is 35.5. The Labute approximate surface area is 46.8 Å². The number of carbonyl (C=O) groups excluding carboxylic acids is 1. The van der Waals surface area contributed by atoms with Gasteiger partial charge < -0.3 is 0 Å². The summed E-state index contributed by atoms with van der Waals surface area (Å²) in [6.45, 7) is 0. The predicted molar refractivity (Wildman–Crippen MR) is 27.7 cm³/mol. The van der Waals surface area contributed by atoms with Crippen LogP contribution in [0, 0.1) is 12.5 Å². The van der Waals surface area contributed by atoms with Crippen LogP contribution in [0.25, 0.3) is 0 Å². The van der Waals surface area contributed by atoms with Crippen molar-refractivity contribution < 1.29 is 4.79 Å². The van der Waals surface area contributed by atoms with Gasteiger partial charge in [-0.25, -0.2) is 0 Å². The average Bonchev–Trinajstić information content (AvgIpc) is 1.68. The van der Waals surface area contributed by atoms with Crippen LogP contribution in [0.1, 0.15) is 0 Å². The molecule has 0 fully saturated rings. The van der Waals surface area contributed by atoms with Crippen molar-refractivity contribution in [2.24, 2.45) is 0 Å². The molecule has 0 heterocycles. The Hall–Kier alpha value is -0.680. The summed E-state index contributed by atoms with van der Waals surface area (Å²) in [5.74, 6) is -0.423. The van der Waals surface area contributed by atoms with Crippen molar-refractivity contribution in [2.45, 2.75) is 0 Å². The third-order valence-corrected chi connectivity index (χ3v) is 0.576. The van der Waals surface area contributed by atoms with Crippen molar-refractivity contribution in [3.63, 3.8) is 0 Å². The first kappa shape index (κ1) is 6.32. The maximum absolute atomic E-state index is 10.0. The molecule has 0 radical (unpaired) electrons. The Kier molecular flexibility index (Phi) is 3.17. The Morgan fingerprint density at radius 3 is 2.71 bits per heavy atom. The van der Waals surface area contributed by atoms with Crippen LogP contribution in [0.3, 0.4) is 0 Å². The monoisotopic (exact) mass is 117 g/mol. The van der Waals surface area contributed by atoms with Crippen LogP contribution < -0.4 is 5.32 Å². The van der Waals surface area contributed by atoms with E-state index in [4.69, 9.17) is 11.6 Å². The van der Waals surface area contributed by atoms with Gasteiger partial charge in [0, 0.05) is 6.04 Å². The second-order valence-corrected chi connectivity index (χ2v) is 1.09. The maximum atomic E-state index is 10.0. The fourth-order valence-corrected chi connectivity index (χ4v) is 0.181. The van der Waals surface area contributed by atoms with E-state index in [2.05, 4.69) is 11.7 Å². The number of amides is 1. The summed E-state index contributed by atoms with van der Waals surface area (Å²) in [6, 6.07) is 1.93. The fourth-order valence-electron chi connectivity index (χ4n) is 0.114. The highest BCUT2D eigenvalue weighted by molar-refractivity contribution is 6.27. The van der Waals surface area contributed by atoms with E-state index in [1.165, 1.54) is 0 Å². The van der Waals surface area contributed by atoms with E-state index in [1.54, 1.807) is 0 Å². The lowest BCUT2D eigenvalue weighted by molar-refractivity contribution is -0.117. The van der Waals surface area contributed by atoms with E-state index < -0.39 is 0 Å². The number of halogens is 1. The fraction of sp³-hybridized carbons (Fsp3) is 0.250. The molecular weight excluding hydrogens is 114 g/mol. The number of hydrogen-bond acceptors (Lipinski definition) is 1. The van der Waals surface area contributed by atoms with Crippen LogP contribution in [0.4, 0.5) is 0 Å². The largest absolute Gasteiger partial charge is 0.284 e. The Bertz CT molecular complexity index is 105. The van der Waals surface area contributed by atoms with Crippen molar-refractivity contribution in [3.8, 4) is 12.5 Å². The molecule has 0 aromatic heterocycles. The number of rotatable bonds is 1. The van der Waals surface area contributed by atoms with Gasteiger partial charge in [0.1, 0.15) is 5.88 Å². The van der Waals surface area contributed by atoms with Gasteiger partial charge in [-0.05, 0) is 0 Å². The molecule has 1 amide bonds. The molecule has 1 N–H and O–H groups in total. The third kappa shape index (κ3) is 3.14. The van der Waals surface area contributed by atoms with Gasteiger partial charge in [-0.1, -0.05) is 6.42 Å². The average molecular weight is 118 g/mol. The lowest BCUT2D eigenvalue weighted by Gasteiger charge is -1.84. The summed E-state index contributed by atoms with van der Waals surface area (Å²) >= 11 is 5.02. The first-order valence-corrected chi connectivity index (χ1v) is 2.15. The van der Waals surface area contributed by atoms with E-state index in [-0.39, 0.29) is 11.8 Å². The quantitative estimate of drug-likeness (QED) is 0.291. The normalized spacial score (nSPS) is 6.86. The molecule has 38 valence electrons. The van der Waals surface area contributed by atoms with Gasteiger partial charge in [0.2, 0.25) is 5.91 Å². The van der Waals surface area contributed by atoms with Crippen molar-refractivity contribution in [1.82, 2.24) is 5.32 Å². The van der Waals surface area contributed by atoms with Crippen molar-refractivity contribution >= 4 is 17.5 Å². The van der Waals surface area contributed by atoms with Crippen molar-refractivity contribution in [1.29, 1.82) is 0 Å². The third-order valence-electron chi connectivity index (χ3n) is 0.333. The van der Waals surface area contributed by atoms with E-state index in [0.717, 1.165) is 0 Å². The number of carbonyl (C=O) groups is 1. The number of alkyl halides is 1. The molecule has 0 aromatic rings. The molecule has 0 aromatic carbocycles. The summed E-state index contributed by atoms with van der Waals surface area (Å²) in [5.41, 5.74) is 0. The lowest BCUT2D eigenvalue weighted by Crippen LogP contribution is -2.17. The van der Waals surface area contributed by atoms with Crippen LogP contribution in [-0.2, 0) is 4.79 Å². The Morgan fingerprint density at radius 1 is 2.00 bits per heavy atom. The summed E-state index contributed by atoms with van der Waals surface area (Å²) < 4.78 is 0. The molecule has 0 bridgehead atoms. The standard InChI is InChI=1S/C4H4ClNO/c1-2-6-4(7)3-5/h1H,3H2,(H,6,7). The summed E-state index contributed by atoms with van der Waals surface area (Å²) in [6.07, 6.45) is 4.66. The maximum Gasteiger partial charge on any atom is 0.246 e. The second kappa shape index (κ2) is 3.51. The molecule has 0 saturated carbocycles. The molecule has 3 heteroatoms. The zero-order valence-corrected chi connectivity index (χ0v) is 4.33. The minimum atomic E-state index is -0.343. The van der Waals surface area contributed by atoms with E-state index in [0.29, 0.717) is 0 Å². The van der Waals surface area contributed by atoms with Gasteiger partial charge in [-0.15, -0.1) is 11.6 Å². The van der Waals surface area contributed by atoms with E-state index >= 15 is 0 Å². The molecule has 7 heavy (non-hydrogen) atoms. The zero-order valence-electron chi connectivity index (χ0n) is 3.57. The molecule has 0 unspecified atom stereocenters. The van der Waals surface area contributed by atoms with Gasteiger partial charge in [-0.2, -0.15) is 0 Å². The van der Waals surface area contributed by atoms with Gasteiger partial charge in [-0.3, -0.25) is 10.1 Å². The minimum absolute atomic E-state index is 0.0792. The SMILES string of the molecule is C#CNC(=O)CCl. The number of nitrogens with one attached hydrogen (secondary N) is 1. The molecular formula is C4H4ClNO. The van der Waals surface area contributed by atoms with Crippen LogP contribution in [-0.4, -0.2) is 11.8 Å². The molecule has 0 aliphatic heterocycles. The van der Waals surface area contributed by atoms with Crippen molar-refractivity contribution in [3.05, 3.63) is 0 Å². The van der Waals surface area contributed by atoms with Crippen LogP contribution in [0.5, 0.6) is 0 Å². The summed E-state index contributed by atoms with van der Waals surface area (Å²) in [4.78, 5) is 10.0. The number of terminal acetylenes is 1. The zero-order chi connectivity index (χ0) is 5.70. The number of hydrogen-bond donors (Lipinski definition) is 1. The highest BCUT2D eigenvalue weighted by Gasteiger charge is 1.89. The Morgan fingerprint density at radius 2 is 2.57 bits per heavy atom. The van der Waals surface area contributed by atoms with Gasteiger partial charge >= 0.3 is 0 Å². The molecule has 0 rings (SSSR count). The van der Waals surface area contributed by atoms with E-state index in [9.17, 15) is 4.79 Å². The van der Waals surface area contributed by atoms with E-state index in [1.807, 2.05) is 6.04 Å². The Balaban J connectivity index is 3.23. The highest BCUT2D eigenvalue weighted by Crippen LogP contribution is 1.69. The van der Waals surface area contributed by atoms with Crippen LogP contribution in [0.2, 0.25) is 0 Å². The molecule has 2 nitrogen and oxygen atoms in total. The topological polar surface area (TPSA) is 29.1 Å². The van der Waals surface area contributed by atoms with Crippen LogP contribution in [0.15, 0.2) is 0 Å². The first-order chi connectivity index (χ1) is 3.31. The minimum Gasteiger partial charge on any atom is -0.284 e. The smallest absolute Gasteiger partial charge is 0.246 e. The first-order valence-electron chi connectivity index (χ1n) is 1.61. The molecule has 0 saturated heterocycles. The predicted octanol–water partition coefficient (Wildman–Crippen LogP) is -0.0679. The molecule has 0 aliphatic rings. The second-order valence-electron chi connectivity index (χ2n) is 0.826.